The summed E-state index contributed by atoms with van der Waals surface area (Å²) in [5.41, 5.74) is 1.17. The Morgan fingerprint density at radius 1 is 1.10 bits per heavy atom. The summed E-state index contributed by atoms with van der Waals surface area (Å²) >= 11 is 0. The van der Waals surface area contributed by atoms with Crippen LogP contribution in [-0.2, 0) is 9.53 Å². The van der Waals surface area contributed by atoms with E-state index in [0.29, 0.717) is 36.2 Å². The molecule has 0 saturated heterocycles. The number of aliphatic hydroxyl groups excluding tert-OH is 2. The highest BCUT2D eigenvalue weighted by molar-refractivity contribution is 5.97. The maximum Gasteiger partial charge on any atom is 0.255 e. The molecule has 0 aromatic carbocycles. The third kappa shape index (κ3) is 26.3. The van der Waals surface area contributed by atoms with E-state index in [2.05, 4.69) is 70.0 Å². The number of nitrogens with zero attached hydrogens (tertiary/aromatic N) is 1. The number of aliphatic imine (C=N–C) groups is 1. The highest BCUT2D eigenvalue weighted by atomic mass is 19.1. The van der Waals surface area contributed by atoms with Crippen molar-refractivity contribution in [3.63, 3.8) is 0 Å². The van der Waals surface area contributed by atoms with Crippen molar-refractivity contribution in [2.45, 2.75) is 67.2 Å². The minimum Gasteiger partial charge on any atom is -0.516 e. The maximum atomic E-state index is 12.3. The standard InChI is InChI=1S/C27H38FN3O4.2C3H8/c1-6-23(20-35-18-14-25(21(4)33)11-9-15-28)13-16-29-22(5)30-19-26(8-3)31-27(34)24(7-2)12-10-17-32;2*1-3-2/h7-12,14,17,19,23,32-33H,2-4,6,13,15-16,18,20H2,1,5H3,(H,29,30)(H,31,34);2*3H2,1-2H3/b11-9-,17-10+,24-12+,25-14+,26-19+;;. The molecule has 0 spiro atoms. The van der Waals surface area contributed by atoms with Crippen LogP contribution in [0.1, 0.15) is 67.2 Å². The summed E-state index contributed by atoms with van der Waals surface area (Å²) in [6.45, 7) is 23.9. The lowest BCUT2D eigenvalue weighted by atomic mass is 10.0. The summed E-state index contributed by atoms with van der Waals surface area (Å²) in [4.78, 5) is 16.7. The third-order valence-electron chi connectivity index (χ3n) is 4.72. The molecule has 0 aliphatic heterocycles. The van der Waals surface area contributed by atoms with Crippen LogP contribution in [0.25, 0.3) is 0 Å². The molecule has 4 N–H and O–H groups in total. The molecule has 41 heavy (non-hydrogen) atoms. The van der Waals surface area contributed by atoms with E-state index in [1.54, 1.807) is 12.3 Å². The van der Waals surface area contributed by atoms with Gasteiger partial charge in [-0.3, -0.25) is 9.79 Å². The van der Waals surface area contributed by atoms with Gasteiger partial charge in [0.1, 0.15) is 12.4 Å². The van der Waals surface area contributed by atoms with Gasteiger partial charge < -0.3 is 25.6 Å². The van der Waals surface area contributed by atoms with Gasteiger partial charge in [-0.05, 0) is 43.6 Å². The number of alkyl halides is 1. The normalized spacial score (nSPS) is 13.0. The Balaban J connectivity index is -0.00000219. The first-order valence-corrected chi connectivity index (χ1v) is 14.1. The fraction of sp³-hybridized carbons (Fsp3) is 0.455. The quantitative estimate of drug-likeness (QED) is 0.0350. The van der Waals surface area contributed by atoms with E-state index in [1.807, 2.05) is 6.92 Å². The first-order valence-electron chi connectivity index (χ1n) is 14.1. The van der Waals surface area contributed by atoms with Gasteiger partial charge in [-0.25, -0.2) is 4.39 Å². The van der Waals surface area contributed by atoms with Gasteiger partial charge in [0.25, 0.3) is 5.91 Å². The molecular formula is C33H54FN3O4. The van der Waals surface area contributed by atoms with Crippen LogP contribution in [0, 0.1) is 5.92 Å². The predicted molar refractivity (Wildman–Crippen MR) is 174 cm³/mol. The van der Waals surface area contributed by atoms with E-state index < -0.39 is 12.6 Å². The Bertz CT molecular complexity index is 913. The van der Waals surface area contributed by atoms with Crippen LogP contribution < -0.4 is 10.6 Å². The lowest BCUT2D eigenvalue weighted by Crippen LogP contribution is -2.25. The van der Waals surface area contributed by atoms with Gasteiger partial charge in [-0.15, -0.1) is 0 Å². The van der Waals surface area contributed by atoms with Crippen LogP contribution in [0.3, 0.4) is 0 Å². The fourth-order valence-electron chi connectivity index (χ4n) is 2.62. The molecule has 0 saturated carbocycles. The molecule has 0 heterocycles. The van der Waals surface area contributed by atoms with Crippen LogP contribution in [-0.4, -0.2) is 48.4 Å². The van der Waals surface area contributed by atoms with Gasteiger partial charge in [0.2, 0.25) is 0 Å². The molecule has 232 valence electrons. The highest BCUT2D eigenvalue weighted by Gasteiger charge is 2.07. The number of allylic oxidation sites excluding steroid dienone is 5. The number of halogens is 1. The average Bonchev–Trinajstić information content (AvgIpc) is 2.94. The van der Waals surface area contributed by atoms with Crippen molar-refractivity contribution in [3.8, 4) is 0 Å². The Morgan fingerprint density at radius 3 is 2.22 bits per heavy atom. The lowest BCUT2D eigenvalue weighted by Gasteiger charge is -2.14. The molecule has 0 aromatic rings. The van der Waals surface area contributed by atoms with Crippen LogP contribution in [0.2, 0.25) is 0 Å². The molecule has 8 heteroatoms. The lowest BCUT2D eigenvalue weighted by molar-refractivity contribution is -0.116. The minimum atomic E-state index is -0.617. The predicted octanol–water partition coefficient (Wildman–Crippen LogP) is 8.11. The van der Waals surface area contributed by atoms with Crippen molar-refractivity contribution in [2.24, 2.45) is 10.9 Å². The Kier molecular flexibility index (Phi) is 31.5. The number of amidine groups is 1. The van der Waals surface area contributed by atoms with Crippen molar-refractivity contribution in [1.82, 2.24) is 10.6 Å². The van der Waals surface area contributed by atoms with Crippen molar-refractivity contribution in [1.29, 1.82) is 0 Å². The molecule has 0 radical (unpaired) electrons. The molecule has 0 aliphatic carbocycles. The maximum absolute atomic E-state index is 12.3. The molecule has 0 bridgehead atoms. The smallest absolute Gasteiger partial charge is 0.255 e. The second-order valence-electron chi connectivity index (χ2n) is 8.71. The van der Waals surface area contributed by atoms with Crippen molar-refractivity contribution in [2.75, 3.05) is 26.4 Å². The minimum absolute atomic E-state index is 0.132. The second kappa shape index (κ2) is 30.9. The number of hydrogen-bond acceptors (Lipinski definition) is 5. The summed E-state index contributed by atoms with van der Waals surface area (Å²) in [6, 6.07) is 0. The molecule has 0 rings (SSSR count). The zero-order valence-corrected chi connectivity index (χ0v) is 26.1. The van der Waals surface area contributed by atoms with E-state index in [1.165, 1.54) is 49.3 Å². The summed E-state index contributed by atoms with van der Waals surface area (Å²) < 4.78 is 17.9. The van der Waals surface area contributed by atoms with Crippen molar-refractivity contribution in [3.05, 3.63) is 97.3 Å². The van der Waals surface area contributed by atoms with Crippen LogP contribution in [0.5, 0.6) is 0 Å². The molecule has 1 unspecified atom stereocenters. The van der Waals surface area contributed by atoms with Gasteiger partial charge in [-0.1, -0.05) is 91.8 Å². The van der Waals surface area contributed by atoms with Crippen LogP contribution >= 0.6 is 0 Å². The average molecular weight is 576 g/mol. The summed E-state index contributed by atoms with van der Waals surface area (Å²) in [5, 5.41) is 23.9. The van der Waals surface area contributed by atoms with Gasteiger partial charge in [-0.2, -0.15) is 0 Å². The zero-order valence-electron chi connectivity index (χ0n) is 26.1. The zero-order chi connectivity index (χ0) is 31.9. The molecule has 7 nitrogen and oxygen atoms in total. The van der Waals surface area contributed by atoms with E-state index in [9.17, 15) is 14.3 Å². The summed E-state index contributed by atoms with van der Waals surface area (Å²) in [5.74, 6) is 0.450. The van der Waals surface area contributed by atoms with Crippen LogP contribution in [0.4, 0.5) is 4.39 Å². The second-order valence-corrected chi connectivity index (χ2v) is 8.71. The summed E-state index contributed by atoms with van der Waals surface area (Å²) in [7, 11) is 0. The number of carbonyl (C=O) groups is 1. The molecule has 1 amide bonds. The number of carbonyl (C=O) groups excluding carboxylic acids is 1. The monoisotopic (exact) mass is 575 g/mol. The summed E-state index contributed by atoms with van der Waals surface area (Å²) in [6.07, 6.45) is 16.7. The molecular weight excluding hydrogens is 521 g/mol. The number of amides is 1. The fourth-order valence-corrected chi connectivity index (χ4v) is 2.62. The largest absolute Gasteiger partial charge is 0.516 e. The Morgan fingerprint density at radius 2 is 1.73 bits per heavy atom. The van der Waals surface area contributed by atoms with E-state index >= 15 is 0 Å². The van der Waals surface area contributed by atoms with Gasteiger partial charge in [0, 0.05) is 30.5 Å². The van der Waals surface area contributed by atoms with Gasteiger partial charge in [0.15, 0.2) is 0 Å². The number of hydrogen-bond donors (Lipinski definition) is 4. The Labute approximate surface area is 248 Å². The van der Waals surface area contributed by atoms with Gasteiger partial charge in [0.05, 0.1) is 24.4 Å². The number of nitrogens with one attached hydrogen (secondary N) is 2. The first-order chi connectivity index (χ1) is 19.6. The highest BCUT2D eigenvalue weighted by Crippen LogP contribution is 2.11. The molecule has 0 aliphatic rings. The SMILES string of the molecule is C=C/C(=C\NC(C)=NCCC(CC)COC/C=C(\C=C/CF)C(=C)O)NC(=O)/C(C=C)=C/C=C/O.CCC.CCC. The van der Waals surface area contributed by atoms with E-state index in [0.717, 1.165) is 19.1 Å². The number of aliphatic hydroxyl groups is 2. The first kappa shape index (κ1) is 41.8. The number of ether oxygens (including phenoxy) is 1. The molecule has 1 atom stereocenters. The van der Waals surface area contributed by atoms with Crippen molar-refractivity contribution >= 4 is 11.7 Å². The van der Waals surface area contributed by atoms with E-state index in [-0.39, 0.29) is 17.9 Å². The van der Waals surface area contributed by atoms with E-state index in [4.69, 9.17) is 9.84 Å². The molecule has 0 aromatic heterocycles. The molecule has 0 fully saturated rings. The van der Waals surface area contributed by atoms with Crippen LogP contribution in [0.15, 0.2) is 102 Å². The number of rotatable bonds is 17. The Hall–Kier alpha value is -3.65. The van der Waals surface area contributed by atoms with Gasteiger partial charge >= 0.3 is 0 Å². The van der Waals surface area contributed by atoms with Crippen molar-refractivity contribution < 1.29 is 24.1 Å². The third-order valence-corrected chi connectivity index (χ3v) is 4.72. The topological polar surface area (TPSA) is 103 Å².